The third kappa shape index (κ3) is 2.58. The van der Waals surface area contributed by atoms with Crippen LogP contribution in [0.15, 0.2) is 29.1 Å². The molecule has 1 N–H and O–H groups in total. The van der Waals surface area contributed by atoms with Gasteiger partial charge in [-0.2, -0.15) is 0 Å². The van der Waals surface area contributed by atoms with Crippen LogP contribution in [-0.2, 0) is 5.41 Å². The lowest BCUT2D eigenvalue weighted by atomic mass is 9.84. The third-order valence-corrected chi connectivity index (χ3v) is 3.49. The Morgan fingerprint density at radius 2 is 1.85 bits per heavy atom. The SMILES string of the molecule is Cc1cccc(-n2[nH]c(=O)c(C(C)(C)C)c2C(C)C)c1. The molecule has 1 heterocycles. The molecule has 0 radical (unpaired) electrons. The number of nitrogens with one attached hydrogen (secondary N) is 1. The monoisotopic (exact) mass is 272 g/mol. The number of aromatic amines is 1. The maximum atomic E-state index is 12.4. The molecule has 20 heavy (non-hydrogen) atoms. The van der Waals surface area contributed by atoms with Gasteiger partial charge in [-0.25, -0.2) is 0 Å². The van der Waals surface area contributed by atoms with Crippen molar-refractivity contribution >= 4 is 0 Å². The first kappa shape index (κ1) is 14.6. The number of rotatable bonds is 2. The van der Waals surface area contributed by atoms with Gasteiger partial charge in [0, 0.05) is 5.56 Å². The highest BCUT2D eigenvalue weighted by atomic mass is 16.1. The number of nitrogens with zero attached hydrogens (tertiary/aromatic N) is 1. The molecule has 1 aromatic heterocycles. The average molecular weight is 272 g/mol. The molecular formula is C17H24N2O. The van der Waals surface area contributed by atoms with Crippen molar-refractivity contribution in [1.82, 2.24) is 9.78 Å². The zero-order valence-corrected chi connectivity index (χ0v) is 13.2. The first-order valence-corrected chi connectivity index (χ1v) is 7.14. The van der Waals surface area contributed by atoms with E-state index in [1.54, 1.807) is 0 Å². The van der Waals surface area contributed by atoms with E-state index < -0.39 is 0 Å². The van der Waals surface area contributed by atoms with Crippen LogP contribution in [0.4, 0.5) is 0 Å². The van der Waals surface area contributed by atoms with E-state index in [-0.39, 0.29) is 16.9 Å². The third-order valence-electron chi connectivity index (χ3n) is 3.49. The molecular weight excluding hydrogens is 248 g/mol. The Bertz CT molecular complexity index is 669. The molecule has 0 saturated carbocycles. The molecule has 0 saturated heterocycles. The Labute approximate surface area is 120 Å². The maximum Gasteiger partial charge on any atom is 0.268 e. The summed E-state index contributed by atoms with van der Waals surface area (Å²) in [7, 11) is 0. The fraction of sp³-hybridized carbons (Fsp3) is 0.471. The number of hydrogen-bond donors (Lipinski definition) is 1. The smallest absolute Gasteiger partial charge is 0.268 e. The summed E-state index contributed by atoms with van der Waals surface area (Å²) in [4.78, 5) is 12.4. The van der Waals surface area contributed by atoms with Crippen LogP contribution < -0.4 is 5.56 Å². The second-order valence-corrected chi connectivity index (χ2v) is 6.78. The zero-order valence-electron chi connectivity index (χ0n) is 13.2. The molecule has 108 valence electrons. The van der Waals surface area contributed by atoms with Crippen LogP contribution >= 0.6 is 0 Å². The molecule has 0 spiro atoms. The van der Waals surface area contributed by atoms with Crippen LogP contribution in [0.3, 0.4) is 0 Å². The van der Waals surface area contributed by atoms with Gasteiger partial charge in [-0.05, 0) is 36.0 Å². The molecule has 2 rings (SSSR count). The maximum absolute atomic E-state index is 12.4. The lowest BCUT2D eigenvalue weighted by Gasteiger charge is -2.21. The van der Waals surface area contributed by atoms with Crippen molar-refractivity contribution in [3.63, 3.8) is 0 Å². The predicted octanol–water partition coefficient (Wildman–Crippen LogP) is 3.89. The second-order valence-electron chi connectivity index (χ2n) is 6.78. The van der Waals surface area contributed by atoms with Gasteiger partial charge in [-0.1, -0.05) is 46.8 Å². The van der Waals surface area contributed by atoms with Crippen molar-refractivity contribution in [1.29, 1.82) is 0 Å². The minimum absolute atomic E-state index is 0.0164. The molecule has 0 aliphatic rings. The van der Waals surface area contributed by atoms with E-state index in [9.17, 15) is 4.79 Å². The molecule has 0 amide bonds. The van der Waals surface area contributed by atoms with Gasteiger partial charge in [-0.3, -0.25) is 14.6 Å². The molecule has 3 nitrogen and oxygen atoms in total. The molecule has 0 aliphatic carbocycles. The van der Waals surface area contributed by atoms with Crippen molar-refractivity contribution < 1.29 is 0 Å². The van der Waals surface area contributed by atoms with E-state index in [2.05, 4.69) is 58.8 Å². The van der Waals surface area contributed by atoms with Gasteiger partial charge < -0.3 is 0 Å². The molecule has 2 aromatic rings. The van der Waals surface area contributed by atoms with Crippen LogP contribution in [0.2, 0.25) is 0 Å². The quantitative estimate of drug-likeness (QED) is 0.884. The predicted molar refractivity (Wildman–Crippen MR) is 83.9 cm³/mol. The van der Waals surface area contributed by atoms with Crippen LogP contribution in [0, 0.1) is 6.92 Å². The molecule has 1 aromatic carbocycles. The Kier molecular flexibility index (Phi) is 3.63. The van der Waals surface area contributed by atoms with Crippen LogP contribution in [0.5, 0.6) is 0 Å². The summed E-state index contributed by atoms with van der Waals surface area (Å²) in [5, 5.41) is 3.01. The Hall–Kier alpha value is -1.77. The van der Waals surface area contributed by atoms with Gasteiger partial charge >= 0.3 is 0 Å². The van der Waals surface area contributed by atoms with Crippen molar-refractivity contribution in [3.05, 3.63) is 51.4 Å². The van der Waals surface area contributed by atoms with E-state index in [0.717, 1.165) is 16.9 Å². The minimum Gasteiger partial charge on any atom is -0.268 e. The largest absolute Gasteiger partial charge is 0.268 e. The average Bonchev–Trinajstić information content (AvgIpc) is 2.66. The summed E-state index contributed by atoms with van der Waals surface area (Å²) in [5.41, 5.74) is 4.01. The first-order chi connectivity index (χ1) is 9.21. The highest BCUT2D eigenvalue weighted by Gasteiger charge is 2.27. The molecule has 0 atom stereocenters. The lowest BCUT2D eigenvalue weighted by Crippen LogP contribution is -2.22. The molecule has 3 heteroatoms. The number of benzene rings is 1. The van der Waals surface area contributed by atoms with E-state index >= 15 is 0 Å². The Balaban J connectivity index is 2.76. The van der Waals surface area contributed by atoms with E-state index in [0.29, 0.717) is 0 Å². The van der Waals surface area contributed by atoms with Crippen molar-refractivity contribution in [2.24, 2.45) is 0 Å². The number of hydrogen-bond acceptors (Lipinski definition) is 1. The van der Waals surface area contributed by atoms with E-state index in [1.165, 1.54) is 5.56 Å². The Morgan fingerprint density at radius 3 is 2.35 bits per heavy atom. The summed E-state index contributed by atoms with van der Waals surface area (Å²) in [6.45, 7) is 12.6. The summed E-state index contributed by atoms with van der Waals surface area (Å²) in [6.07, 6.45) is 0. The number of aryl methyl sites for hydroxylation is 1. The van der Waals surface area contributed by atoms with Gasteiger partial charge in [0.25, 0.3) is 5.56 Å². The highest BCUT2D eigenvalue weighted by molar-refractivity contribution is 5.40. The first-order valence-electron chi connectivity index (χ1n) is 7.14. The summed E-state index contributed by atoms with van der Waals surface area (Å²) < 4.78 is 1.95. The summed E-state index contributed by atoms with van der Waals surface area (Å²) >= 11 is 0. The van der Waals surface area contributed by atoms with Gasteiger partial charge in [0.05, 0.1) is 11.4 Å². The second kappa shape index (κ2) is 4.97. The summed E-state index contributed by atoms with van der Waals surface area (Å²) in [6, 6.07) is 8.20. The normalized spacial score (nSPS) is 12.2. The molecule has 0 unspecified atom stereocenters. The Morgan fingerprint density at radius 1 is 1.20 bits per heavy atom. The zero-order chi connectivity index (χ0) is 15.1. The van der Waals surface area contributed by atoms with Crippen molar-refractivity contribution in [3.8, 4) is 5.69 Å². The fourth-order valence-electron chi connectivity index (χ4n) is 2.69. The topological polar surface area (TPSA) is 37.8 Å². The molecule has 0 aliphatic heterocycles. The number of H-pyrrole nitrogens is 1. The van der Waals surface area contributed by atoms with Crippen LogP contribution in [-0.4, -0.2) is 9.78 Å². The van der Waals surface area contributed by atoms with Gasteiger partial charge in [0.15, 0.2) is 0 Å². The van der Waals surface area contributed by atoms with Crippen molar-refractivity contribution in [2.75, 3.05) is 0 Å². The standard InChI is InChI=1S/C17H24N2O/c1-11(2)15-14(17(4,5)6)16(20)18-19(15)13-9-7-8-12(3)10-13/h7-11H,1-6H3,(H,18,20). The number of aromatic nitrogens is 2. The van der Waals surface area contributed by atoms with Crippen LogP contribution in [0.25, 0.3) is 5.69 Å². The van der Waals surface area contributed by atoms with Gasteiger partial charge in [0.2, 0.25) is 0 Å². The van der Waals surface area contributed by atoms with Crippen LogP contribution in [0.1, 0.15) is 57.4 Å². The lowest BCUT2D eigenvalue weighted by molar-refractivity contribution is 0.569. The molecule has 0 fully saturated rings. The highest BCUT2D eigenvalue weighted by Crippen LogP contribution is 2.29. The van der Waals surface area contributed by atoms with Gasteiger partial charge in [-0.15, -0.1) is 0 Å². The fourth-order valence-corrected chi connectivity index (χ4v) is 2.69. The summed E-state index contributed by atoms with van der Waals surface area (Å²) in [5.74, 6) is 0.281. The minimum atomic E-state index is -0.164. The van der Waals surface area contributed by atoms with E-state index in [4.69, 9.17) is 0 Å². The molecule has 0 bridgehead atoms. The van der Waals surface area contributed by atoms with E-state index in [1.807, 2.05) is 16.8 Å². The van der Waals surface area contributed by atoms with Gasteiger partial charge in [0.1, 0.15) is 0 Å². The van der Waals surface area contributed by atoms with Crippen molar-refractivity contribution in [2.45, 2.75) is 52.9 Å².